The average molecular weight is 489 g/mol. The lowest BCUT2D eigenvalue weighted by Crippen LogP contribution is -2.41. The van der Waals surface area contributed by atoms with Gasteiger partial charge in [0.2, 0.25) is 5.95 Å². The highest BCUT2D eigenvalue weighted by molar-refractivity contribution is 5.67. The van der Waals surface area contributed by atoms with Crippen LogP contribution in [0.15, 0.2) is 24.5 Å². The Labute approximate surface area is 207 Å². The molecule has 6 nitrogen and oxygen atoms in total. The molecule has 192 valence electrons. The first-order valence-electron chi connectivity index (χ1n) is 12.9. The highest BCUT2D eigenvalue weighted by atomic mass is 19.1. The molecule has 2 fully saturated rings. The van der Waals surface area contributed by atoms with Crippen LogP contribution in [-0.4, -0.2) is 55.5 Å². The maximum Gasteiger partial charge on any atom is 0.236 e. The van der Waals surface area contributed by atoms with E-state index in [1.54, 1.807) is 19.2 Å². The molecule has 2 aliphatic rings. The average Bonchev–Trinajstić information content (AvgIpc) is 2.87. The molecule has 2 aromatic heterocycles. The molecule has 3 heterocycles. The number of rotatable bonds is 10. The zero-order chi connectivity index (χ0) is 24.6. The summed E-state index contributed by atoms with van der Waals surface area (Å²) in [6.45, 7) is 4.99. The first kappa shape index (κ1) is 25.9. The van der Waals surface area contributed by atoms with E-state index in [2.05, 4.69) is 27.5 Å². The lowest BCUT2D eigenvalue weighted by Gasteiger charge is -2.31. The Hall–Kier alpha value is -2.16. The van der Waals surface area contributed by atoms with E-state index in [4.69, 9.17) is 9.47 Å². The summed E-state index contributed by atoms with van der Waals surface area (Å²) in [6.07, 6.45) is 9.87. The Bertz CT molecular complexity index is 947. The molecule has 0 radical (unpaired) electrons. The molecular formula is C27H38F2N4O2. The molecule has 1 saturated heterocycles. The molecule has 2 N–H and O–H groups in total. The van der Waals surface area contributed by atoms with Crippen molar-refractivity contribution in [3.63, 3.8) is 0 Å². The minimum Gasteiger partial charge on any atom is -0.383 e. The summed E-state index contributed by atoms with van der Waals surface area (Å²) in [5.74, 6) is -0.0255. The van der Waals surface area contributed by atoms with Crippen molar-refractivity contribution in [2.75, 3.05) is 38.8 Å². The number of nitrogens with zero attached hydrogens (tertiary/aromatic N) is 2. The Morgan fingerprint density at radius 3 is 2.54 bits per heavy atom. The maximum absolute atomic E-state index is 14.7. The molecule has 0 spiro atoms. The van der Waals surface area contributed by atoms with Crippen LogP contribution in [-0.2, 0) is 15.9 Å². The smallest absolute Gasteiger partial charge is 0.236 e. The van der Waals surface area contributed by atoms with Crippen molar-refractivity contribution in [3.05, 3.63) is 42.0 Å². The second-order valence-corrected chi connectivity index (χ2v) is 10.1. The van der Waals surface area contributed by atoms with Gasteiger partial charge in [-0.15, -0.1) is 0 Å². The molecular weight excluding hydrogens is 450 g/mol. The Morgan fingerprint density at radius 1 is 1.03 bits per heavy atom. The van der Waals surface area contributed by atoms with E-state index < -0.39 is 11.8 Å². The standard InChI is InChI=1S/C27H38F2N4O2/c1-18(17-34-2)33-22-5-3-19(4-6-22)11-23-13-24(25(28)16-30-23)21-12-26(27(29)32-15-21)31-14-20-7-9-35-10-8-20/h12-13,15-16,18-20,22,31,33H,3-11,14,17H2,1-2H3/t18-,19?,22?/m1/s1. The van der Waals surface area contributed by atoms with Gasteiger partial charge in [-0.3, -0.25) is 4.98 Å². The topological polar surface area (TPSA) is 68.3 Å². The van der Waals surface area contributed by atoms with Crippen LogP contribution in [0.1, 0.15) is 51.1 Å². The third-order valence-corrected chi connectivity index (χ3v) is 7.27. The van der Waals surface area contributed by atoms with Gasteiger partial charge in [0.05, 0.1) is 18.5 Å². The molecule has 35 heavy (non-hydrogen) atoms. The number of aromatic nitrogens is 2. The normalized spacial score (nSPS) is 22.2. The number of ether oxygens (including phenoxy) is 2. The predicted molar refractivity (Wildman–Crippen MR) is 133 cm³/mol. The molecule has 1 saturated carbocycles. The maximum atomic E-state index is 14.7. The summed E-state index contributed by atoms with van der Waals surface area (Å²) in [7, 11) is 1.73. The molecule has 4 rings (SSSR count). The van der Waals surface area contributed by atoms with Crippen molar-refractivity contribution in [2.45, 2.75) is 64.0 Å². The fourth-order valence-electron chi connectivity index (χ4n) is 5.27. The summed E-state index contributed by atoms with van der Waals surface area (Å²) in [6, 6.07) is 4.33. The quantitative estimate of drug-likeness (QED) is 0.460. The summed E-state index contributed by atoms with van der Waals surface area (Å²) in [5.41, 5.74) is 2.15. The number of anilines is 1. The lowest BCUT2D eigenvalue weighted by atomic mass is 9.83. The van der Waals surface area contributed by atoms with E-state index in [1.807, 2.05) is 0 Å². The molecule has 1 aliphatic carbocycles. The van der Waals surface area contributed by atoms with Crippen LogP contribution >= 0.6 is 0 Å². The van der Waals surface area contributed by atoms with Gasteiger partial charge >= 0.3 is 0 Å². The van der Waals surface area contributed by atoms with Crippen LogP contribution in [0.2, 0.25) is 0 Å². The van der Waals surface area contributed by atoms with Crippen LogP contribution < -0.4 is 10.6 Å². The second kappa shape index (κ2) is 12.7. The van der Waals surface area contributed by atoms with Crippen molar-refractivity contribution in [2.24, 2.45) is 11.8 Å². The summed E-state index contributed by atoms with van der Waals surface area (Å²) in [5, 5.41) is 6.82. The number of pyridine rings is 2. The van der Waals surface area contributed by atoms with Gasteiger partial charge in [0, 0.05) is 62.0 Å². The van der Waals surface area contributed by atoms with Crippen LogP contribution in [0.4, 0.5) is 14.5 Å². The first-order chi connectivity index (χ1) is 17.0. The summed E-state index contributed by atoms with van der Waals surface area (Å²) in [4.78, 5) is 8.25. The van der Waals surface area contributed by atoms with Crippen molar-refractivity contribution >= 4 is 5.69 Å². The van der Waals surface area contributed by atoms with Gasteiger partial charge in [0.1, 0.15) is 5.82 Å². The van der Waals surface area contributed by atoms with Crippen molar-refractivity contribution in [1.82, 2.24) is 15.3 Å². The third kappa shape index (κ3) is 7.41. The van der Waals surface area contributed by atoms with Gasteiger partial charge in [0.15, 0.2) is 0 Å². The van der Waals surface area contributed by atoms with Crippen molar-refractivity contribution in [1.29, 1.82) is 0 Å². The predicted octanol–water partition coefficient (Wildman–Crippen LogP) is 4.99. The number of hydrogen-bond donors (Lipinski definition) is 2. The van der Waals surface area contributed by atoms with E-state index in [0.29, 0.717) is 53.9 Å². The minimum atomic E-state index is -0.569. The minimum absolute atomic E-state index is 0.306. The molecule has 0 bridgehead atoms. The van der Waals surface area contributed by atoms with E-state index in [1.165, 1.54) is 12.4 Å². The number of halogens is 2. The first-order valence-corrected chi connectivity index (χ1v) is 12.9. The van der Waals surface area contributed by atoms with Gasteiger partial charge in [-0.25, -0.2) is 9.37 Å². The fraction of sp³-hybridized carbons (Fsp3) is 0.630. The molecule has 1 aliphatic heterocycles. The molecule has 8 heteroatoms. The van der Waals surface area contributed by atoms with Crippen LogP contribution in [0.3, 0.4) is 0 Å². The Balaban J connectivity index is 1.37. The summed E-state index contributed by atoms with van der Waals surface area (Å²) >= 11 is 0. The SMILES string of the molecule is COC[C@@H](C)NC1CCC(Cc2cc(-c3cnc(F)c(NCC4CCOCC4)c3)c(F)cn2)CC1. The fourth-order valence-corrected chi connectivity index (χ4v) is 5.27. The van der Waals surface area contributed by atoms with E-state index in [9.17, 15) is 8.78 Å². The van der Waals surface area contributed by atoms with E-state index in [0.717, 1.165) is 63.9 Å². The zero-order valence-corrected chi connectivity index (χ0v) is 20.9. The largest absolute Gasteiger partial charge is 0.383 e. The number of nitrogens with one attached hydrogen (secondary N) is 2. The molecule has 0 amide bonds. The van der Waals surface area contributed by atoms with Gasteiger partial charge in [-0.1, -0.05) is 0 Å². The van der Waals surface area contributed by atoms with Crippen molar-refractivity contribution in [3.8, 4) is 11.1 Å². The second-order valence-electron chi connectivity index (χ2n) is 10.1. The van der Waals surface area contributed by atoms with Crippen molar-refractivity contribution < 1.29 is 18.3 Å². The zero-order valence-electron chi connectivity index (χ0n) is 20.9. The Morgan fingerprint density at radius 2 is 1.80 bits per heavy atom. The van der Waals surface area contributed by atoms with Crippen LogP contribution in [0.25, 0.3) is 11.1 Å². The van der Waals surface area contributed by atoms with Gasteiger partial charge in [-0.05, 0) is 75.8 Å². The molecule has 0 aromatic carbocycles. The Kier molecular flexibility index (Phi) is 9.40. The van der Waals surface area contributed by atoms with Crippen LogP contribution in [0.5, 0.6) is 0 Å². The third-order valence-electron chi connectivity index (χ3n) is 7.27. The summed E-state index contributed by atoms with van der Waals surface area (Å²) < 4.78 is 39.7. The highest BCUT2D eigenvalue weighted by Crippen LogP contribution is 2.30. The number of methoxy groups -OCH3 is 1. The highest BCUT2D eigenvalue weighted by Gasteiger charge is 2.23. The monoisotopic (exact) mass is 488 g/mol. The molecule has 2 aromatic rings. The number of hydrogen-bond acceptors (Lipinski definition) is 6. The van der Waals surface area contributed by atoms with Crippen LogP contribution in [0, 0.1) is 23.6 Å². The van der Waals surface area contributed by atoms with Gasteiger partial charge in [-0.2, -0.15) is 4.39 Å². The lowest BCUT2D eigenvalue weighted by molar-refractivity contribution is 0.0699. The van der Waals surface area contributed by atoms with Gasteiger partial charge < -0.3 is 20.1 Å². The molecule has 0 unspecified atom stereocenters. The van der Waals surface area contributed by atoms with E-state index >= 15 is 0 Å². The van der Waals surface area contributed by atoms with E-state index in [-0.39, 0.29) is 0 Å². The van der Waals surface area contributed by atoms with Gasteiger partial charge in [0.25, 0.3) is 0 Å². The molecule has 1 atom stereocenters.